The van der Waals surface area contributed by atoms with Gasteiger partial charge >= 0.3 is 0 Å². The molecule has 1 aliphatic heterocycles. The van der Waals surface area contributed by atoms with E-state index in [9.17, 15) is 0 Å². The van der Waals surface area contributed by atoms with Crippen molar-refractivity contribution in [3.8, 4) is 5.75 Å². The van der Waals surface area contributed by atoms with Crippen LogP contribution in [0.15, 0.2) is 24.3 Å². The summed E-state index contributed by atoms with van der Waals surface area (Å²) in [4.78, 5) is 0. The fraction of sp³-hybridized carbons (Fsp3) is 0.500. The lowest BCUT2D eigenvalue weighted by Crippen LogP contribution is -2.21. The predicted octanol–water partition coefficient (Wildman–Crippen LogP) is 3.38. The number of hydrogen-bond donors (Lipinski definition) is 0. The van der Waals surface area contributed by atoms with Gasteiger partial charge in [-0.1, -0.05) is 24.6 Å². The topological polar surface area (TPSA) is 9.23 Å². The average Bonchev–Trinajstić information content (AvgIpc) is 2.65. The first-order chi connectivity index (χ1) is 6.45. The predicted molar refractivity (Wildman–Crippen MR) is 59.3 cm³/mol. The molecule has 2 atom stereocenters. The van der Waals surface area contributed by atoms with Gasteiger partial charge in [0, 0.05) is 0 Å². The van der Waals surface area contributed by atoms with Gasteiger partial charge in [-0.05, 0) is 36.3 Å². The van der Waals surface area contributed by atoms with Crippen LogP contribution in [0.1, 0.15) is 30.7 Å². The van der Waals surface area contributed by atoms with Crippen molar-refractivity contribution in [1.29, 1.82) is 0 Å². The van der Waals surface area contributed by atoms with E-state index in [-0.39, 0.29) is 12.4 Å². The van der Waals surface area contributed by atoms with Gasteiger partial charge in [-0.25, -0.2) is 0 Å². The quantitative estimate of drug-likeness (QED) is 0.638. The average molecular weight is 211 g/mol. The van der Waals surface area contributed by atoms with Crippen LogP contribution in [-0.2, 0) is 0 Å². The summed E-state index contributed by atoms with van der Waals surface area (Å²) in [5, 5.41) is 0. The zero-order valence-corrected chi connectivity index (χ0v) is 8.93. The highest BCUT2D eigenvalue weighted by atomic mass is 35.5. The van der Waals surface area contributed by atoms with Crippen molar-refractivity contribution in [3.63, 3.8) is 0 Å². The second-order valence-corrected chi connectivity index (χ2v) is 4.15. The number of halogens is 1. The summed E-state index contributed by atoms with van der Waals surface area (Å²) in [6.45, 7) is 0.946. The van der Waals surface area contributed by atoms with E-state index in [1.165, 1.54) is 24.8 Å². The van der Waals surface area contributed by atoms with Gasteiger partial charge in [0.15, 0.2) is 0 Å². The molecule has 1 heterocycles. The van der Waals surface area contributed by atoms with Gasteiger partial charge in [0.2, 0.25) is 0 Å². The number of para-hydroxylation sites is 1. The van der Waals surface area contributed by atoms with Gasteiger partial charge < -0.3 is 4.74 Å². The van der Waals surface area contributed by atoms with Crippen molar-refractivity contribution in [1.82, 2.24) is 0 Å². The number of ether oxygens (including phenoxy) is 1. The summed E-state index contributed by atoms with van der Waals surface area (Å²) in [6.07, 6.45) is 4.11. The molecule has 1 fully saturated rings. The molecule has 2 unspecified atom stereocenters. The first-order valence-electron chi connectivity index (χ1n) is 5.17. The van der Waals surface area contributed by atoms with Crippen LogP contribution in [0.4, 0.5) is 0 Å². The van der Waals surface area contributed by atoms with Gasteiger partial charge in [0.05, 0.1) is 6.61 Å². The molecule has 0 N–H and O–H groups in total. The molecule has 1 saturated carbocycles. The zero-order chi connectivity index (χ0) is 8.67. The molecule has 14 heavy (non-hydrogen) atoms. The van der Waals surface area contributed by atoms with Gasteiger partial charge in [0.25, 0.3) is 0 Å². The Kier molecular flexibility index (Phi) is 2.69. The fourth-order valence-electron chi connectivity index (χ4n) is 2.76. The van der Waals surface area contributed by atoms with Crippen molar-refractivity contribution in [2.24, 2.45) is 5.92 Å². The van der Waals surface area contributed by atoms with Crippen LogP contribution in [0.5, 0.6) is 5.75 Å². The molecule has 0 bridgehead atoms. The highest BCUT2D eigenvalue weighted by Crippen LogP contribution is 2.46. The molecule has 2 heteroatoms. The lowest BCUT2D eigenvalue weighted by molar-refractivity contribution is 0.210. The summed E-state index contributed by atoms with van der Waals surface area (Å²) >= 11 is 0. The number of rotatable bonds is 0. The molecule has 3 rings (SSSR count). The van der Waals surface area contributed by atoms with E-state index in [1.54, 1.807) is 0 Å². The molecule has 0 radical (unpaired) electrons. The van der Waals surface area contributed by atoms with Crippen molar-refractivity contribution >= 4 is 12.4 Å². The van der Waals surface area contributed by atoms with E-state index in [0.717, 1.165) is 24.2 Å². The first kappa shape index (κ1) is 9.85. The number of fused-ring (bicyclic) bond motifs is 3. The van der Waals surface area contributed by atoms with E-state index >= 15 is 0 Å². The molecular formula is C12H15ClO. The maximum Gasteiger partial charge on any atom is 0.122 e. The molecule has 0 spiro atoms. The van der Waals surface area contributed by atoms with Gasteiger partial charge in [-0.3, -0.25) is 0 Å². The number of hydrogen-bond acceptors (Lipinski definition) is 1. The van der Waals surface area contributed by atoms with E-state index < -0.39 is 0 Å². The van der Waals surface area contributed by atoms with Crippen LogP contribution < -0.4 is 4.74 Å². The third kappa shape index (κ3) is 1.40. The molecule has 1 nitrogen and oxygen atoms in total. The Balaban J connectivity index is 0.000000750. The molecule has 0 saturated heterocycles. The van der Waals surface area contributed by atoms with E-state index in [2.05, 4.69) is 24.3 Å². The Labute approximate surface area is 90.9 Å². The normalized spacial score (nSPS) is 28.3. The Bertz CT molecular complexity index is 324. The van der Waals surface area contributed by atoms with Crippen molar-refractivity contribution < 1.29 is 4.74 Å². The van der Waals surface area contributed by atoms with Gasteiger partial charge in [0.1, 0.15) is 5.75 Å². The molecule has 76 valence electrons. The van der Waals surface area contributed by atoms with Crippen LogP contribution in [0.2, 0.25) is 0 Å². The van der Waals surface area contributed by atoms with E-state index in [0.29, 0.717) is 0 Å². The lowest BCUT2D eigenvalue weighted by atomic mass is 9.87. The second kappa shape index (κ2) is 3.82. The lowest BCUT2D eigenvalue weighted by Gasteiger charge is -2.28. The second-order valence-electron chi connectivity index (χ2n) is 4.15. The summed E-state index contributed by atoms with van der Waals surface area (Å²) in [5.41, 5.74) is 1.45. The van der Waals surface area contributed by atoms with Crippen molar-refractivity contribution in [3.05, 3.63) is 29.8 Å². The SMILES string of the molecule is Cl.c1ccc2c(c1)OCC1CCCC21. The highest BCUT2D eigenvalue weighted by molar-refractivity contribution is 5.85. The molecular weight excluding hydrogens is 196 g/mol. The molecule has 1 aromatic carbocycles. The third-order valence-corrected chi connectivity index (χ3v) is 3.43. The summed E-state index contributed by atoms with van der Waals surface area (Å²) in [7, 11) is 0. The standard InChI is InChI=1S/C12H14O.ClH/c1-2-7-12-11(5-1)10-6-3-4-9(10)8-13-12;/h1-2,5,7,9-10H,3-4,6,8H2;1H. The minimum Gasteiger partial charge on any atom is -0.493 e. The van der Waals surface area contributed by atoms with Crippen molar-refractivity contribution in [2.75, 3.05) is 6.61 Å². The van der Waals surface area contributed by atoms with E-state index in [4.69, 9.17) is 4.74 Å². The van der Waals surface area contributed by atoms with Gasteiger partial charge in [-0.2, -0.15) is 0 Å². The highest BCUT2D eigenvalue weighted by Gasteiger charge is 2.34. The molecule has 1 aromatic rings. The maximum atomic E-state index is 5.74. The zero-order valence-electron chi connectivity index (χ0n) is 8.11. The third-order valence-electron chi connectivity index (χ3n) is 3.43. The fourth-order valence-corrected chi connectivity index (χ4v) is 2.76. The Morgan fingerprint density at radius 2 is 2.00 bits per heavy atom. The van der Waals surface area contributed by atoms with Crippen LogP contribution in [0.3, 0.4) is 0 Å². The molecule has 0 aromatic heterocycles. The van der Waals surface area contributed by atoms with Crippen LogP contribution in [0.25, 0.3) is 0 Å². The molecule has 2 aliphatic rings. The number of benzene rings is 1. The Morgan fingerprint density at radius 1 is 1.14 bits per heavy atom. The van der Waals surface area contributed by atoms with E-state index in [1.807, 2.05) is 0 Å². The van der Waals surface area contributed by atoms with Crippen LogP contribution in [0, 0.1) is 5.92 Å². The minimum absolute atomic E-state index is 0. The monoisotopic (exact) mass is 210 g/mol. The van der Waals surface area contributed by atoms with Crippen LogP contribution >= 0.6 is 12.4 Å². The smallest absolute Gasteiger partial charge is 0.122 e. The Morgan fingerprint density at radius 3 is 2.93 bits per heavy atom. The largest absolute Gasteiger partial charge is 0.493 e. The first-order valence-corrected chi connectivity index (χ1v) is 5.17. The minimum atomic E-state index is 0. The summed E-state index contributed by atoms with van der Waals surface area (Å²) in [6, 6.07) is 8.53. The maximum absolute atomic E-state index is 5.74. The molecule has 1 aliphatic carbocycles. The Hall–Kier alpha value is -0.690. The van der Waals surface area contributed by atoms with Crippen LogP contribution in [-0.4, -0.2) is 6.61 Å². The summed E-state index contributed by atoms with van der Waals surface area (Å²) < 4.78 is 5.74. The summed E-state index contributed by atoms with van der Waals surface area (Å²) in [5.74, 6) is 2.73. The van der Waals surface area contributed by atoms with Crippen molar-refractivity contribution in [2.45, 2.75) is 25.2 Å². The molecule has 0 amide bonds. The van der Waals surface area contributed by atoms with Gasteiger partial charge in [-0.15, -0.1) is 12.4 Å².